The number of hydrogen-bond donors (Lipinski definition) is 1. The van der Waals surface area contributed by atoms with Crippen molar-refractivity contribution in [2.45, 2.75) is 52.3 Å². The van der Waals surface area contributed by atoms with Gasteiger partial charge in [0.15, 0.2) is 0 Å². The first-order valence-electron chi connectivity index (χ1n) is 6.58. The molecule has 0 radical (unpaired) electrons. The molecule has 2 rings (SSSR count). The zero-order valence-corrected chi connectivity index (χ0v) is 11.1. The van der Waals surface area contributed by atoms with E-state index in [0.29, 0.717) is 12.1 Å². The number of hydrogen-bond acceptors (Lipinski definition) is 2. The van der Waals surface area contributed by atoms with Gasteiger partial charge in [-0.3, -0.25) is 0 Å². The van der Waals surface area contributed by atoms with Gasteiger partial charge in [0, 0.05) is 19.2 Å². The highest BCUT2D eigenvalue weighted by molar-refractivity contribution is 5.29. The molecular formula is C15H23NO. The fourth-order valence-corrected chi connectivity index (χ4v) is 2.32. The maximum atomic E-state index is 5.68. The van der Waals surface area contributed by atoms with Crippen LogP contribution in [-0.4, -0.2) is 18.8 Å². The number of nitrogens with one attached hydrogen (secondary N) is 1. The predicted octanol–water partition coefficient (Wildman–Crippen LogP) is 2.96. The van der Waals surface area contributed by atoms with E-state index in [-0.39, 0.29) is 0 Å². The van der Waals surface area contributed by atoms with E-state index in [2.05, 4.69) is 44.3 Å². The first-order valence-corrected chi connectivity index (χ1v) is 6.58. The summed E-state index contributed by atoms with van der Waals surface area (Å²) in [6.07, 6.45) is 2.81. The lowest BCUT2D eigenvalue weighted by Crippen LogP contribution is -2.36. The molecule has 1 saturated heterocycles. The quantitative estimate of drug-likeness (QED) is 0.863. The molecule has 0 aliphatic carbocycles. The average Bonchev–Trinajstić information content (AvgIpc) is 2.84. The Morgan fingerprint density at radius 2 is 2.18 bits per heavy atom. The van der Waals surface area contributed by atoms with Crippen molar-refractivity contribution in [3.05, 3.63) is 34.9 Å². The molecule has 94 valence electrons. The zero-order valence-electron chi connectivity index (χ0n) is 11.1. The lowest BCUT2D eigenvalue weighted by molar-refractivity contribution is 0.0832. The SMILES string of the molecule is Cc1ccc(CNC(C)C2CCCO2)cc1C. The Hall–Kier alpha value is -0.860. The molecule has 1 fully saturated rings. The predicted molar refractivity (Wildman–Crippen MR) is 71.2 cm³/mol. The third-order valence-corrected chi connectivity index (χ3v) is 3.72. The Morgan fingerprint density at radius 3 is 2.82 bits per heavy atom. The summed E-state index contributed by atoms with van der Waals surface area (Å²) in [6.45, 7) is 8.41. The minimum Gasteiger partial charge on any atom is -0.377 e. The van der Waals surface area contributed by atoms with Gasteiger partial charge >= 0.3 is 0 Å². The molecule has 1 aliphatic rings. The van der Waals surface area contributed by atoms with E-state index in [1.54, 1.807) is 0 Å². The maximum absolute atomic E-state index is 5.68. The fraction of sp³-hybridized carbons (Fsp3) is 0.600. The first-order chi connectivity index (χ1) is 8.16. The van der Waals surface area contributed by atoms with Crippen LogP contribution in [0.3, 0.4) is 0 Å². The van der Waals surface area contributed by atoms with Crippen LogP contribution in [0.4, 0.5) is 0 Å². The van der Waals surface area contributed by atoms with Gasteiger partial charge in [0.25, 0.3) is 0 Å². The summed E-state index contributed by atoms with van der Waals surface area (Å²) >= 11 is 0. The molecule has 1 aromatic rings. The second-order valence-electron chi connectivity index (χ2n) is 5.14. The summed E-state index contributed by atoms with van der Waals surface area (Å²) in [5.74, 6) is 0. The van der Waals surface area contributed by atoms with E-state index in [4.69, 9.17) is 4.74 Å². The van der Waals surface area contributed by atoms with E-state index in [1.165, 1.54) is 29.5 Å². The average molecular weight is 233 g/mol. The molecule has 1 aliphatic heterocycles. The van der Waals surface area contributed by atoms with Gasteiger partial charge in [-0.2, -0.15) is 0 Å². The van der Waals surface area contributed by atoms with Crippen molar-refractivity contribution in [1.82, 2.24) is 5.32 Å². The fourth-order valence-electron chi connectivity index (χ4n) is 2.32. The molecule has 1 aromatic carbocycles. The highest BCUT2D eigenvalue weighted by atomic mass is 16.5. The van der Waals surface area contributed by atoms with Crippen LogP contribution in [0.1, 0.15) is 36.5 Å². The molecule has 1 N–H and O–H groups in total. The molecule has 0 aromatic heterocycles. The van der Waals surface area contributed by atoms with Crippen molar-refractivity contribution in [2.24, 2.45) is 0 Å². The van der Waals surface area contributed by atoms with E-state index < -0.39 is 0 Å². The van der Waals surface area contributed by atoms with Crippen LogP contribution in [0.25, 0.3) is 0 Å². The number of benzene rings is 1. The summed E-state index contributed by atoms with van der Waals surface area (Å²) in [5, 5.41) is 3.56. The second kappa shape index (κ2) is 5.65. The van der Waals surface area contributed by atoms with Crippen molar-refractivity contribution in [1.29, 1.82) is 0 Å². The first kappa shape index (κ1) is 12.6. The Bertz CT molecular complexity index is 369. The van der Waals surface area contributed by atoms with E-state index in [1.807, 2.05) is 0 Å². The molecule has 2 unspecified atom stereocenters. The van der Waals surface area contributed by atoms with Crippen LogP contribution in [-0.2, 0) is 11.3 Å². The third kappa shape index (κ3) is 3.30. The van der Waals surface area contributed by atoms with E-state index in [9.17, 15) is 0 Å². The molecule has 0 spiro atoms. The monoisotopic (exact) mass is 233 g/mol. The lowest BCUT2D eigenvalue weighted by atomic mass is 10.1. The minimum absolute atomic E-state index is 0.404. The molecule has 0 amide bonds. The normalized spacial score (nSPS) is 21.7. The van der Waals surface area contributed by atoms with Gasteiger partial charge in [-0.25, -0.2) is 0 Å². The Labute approximate surface area is 104 Å². The number of ether oxygens (including phenoxy) is 1. The maximum Gasteiger partial charge on any atom is 0.0726 e. The van der Waals surface area contributed by atoms with Crippen molar-refractivity contribution < 1.29 is 4.74 Å². The Morgan fingerprint density at radius 1 is 1.35 bits per heavy atom. The highest BCUT2D eigenvalue weighted by Gasteiger charge is 2.21. The van der Waals surface area contributed by atoms with Gasteiger partial charge < -0.3 is 10.1 Å². The van der Waals surface area contributed by atoms with Crippen molar-refractivity contribution >= 4 is 0 Å². The summed E-state index contributed by atoms with van der Waals surface area (Å²) in [4.78, 5) is 0. The van der Waals surface area contributed by atoms with E-state index >= 15 is 0 Å². The standard InChI is InChI=1S/C15H23NO/c1-11-6-7-14(9-12(11)2)10-16-13(3)15-5-4-8-17-15/h6-7,9,13,15-16H,4-5,8,10H2,1-3H3. The smallest absolute Gasteiger partial charge is 0.0726 e. The largest absolute Gasteiger partial charge is 0.377 e. The second-order valence-corrected chi connectivity index (χ2v) is 5.14. The van der Waals surface area contributed by atoms with E-state index in [0.717, 1.165) is 13.2 Å². The van der Waals surface area contributed by atoms with Gasteiger partial charge in [-0.1, -0.05) is 18.2 Å². The van der Waals surface area contributed by atoms with Crippen LogP contribution < -0.4 is 5.32 Å². The summed E-state index contributed by atoms with van der Waals surface area (Å²) in [5.41, 5.74) is 4.09. The molecule has 1 heterocycles. The Kier molecular flexibility index (Phi) is 4.19. The molecular weight excluding hydrogens is 210 g/mol. The molecule has 2 nitrogen and oxygen atoms in total. The lowest BCUT2D eigenvalue weighted by Gasteiger charge is -2.20. The topological polar surface area (TPSA) is 21.3 Å². The third-order valence-electron chi connectivity index (χ3n) is 3.72. The molecule has 0 saturated carbocycles. The highest BCUT2D eigenvalue weighted by Crippen LogP contribution is 2.16. The molecule has 17 heavy (non-hydrogen) atoms. The van der Waals surface area contributed by atoms with Crippen LogP contribution in [0.15, 0.2) is 18.2 Å². The number of rotatable bonds is 4. The minimum atomic E-state index is 0.404. The summed E-state index contributed by atoms with van der Waals surface area (Å²) in [6, 6.07) is 7.12. The van der Waals surface area contributed by atoms with Crippen LogP contribution in [0.5, 0.6) is 0 Å². The molecule has 2 heteroatoms. The van der Waals surface area contributed by atoms with Gasteiger partial charge in [0.1, 0.15) is 0 Å². The summed E-state index contributed by atoms with van der Waals surface area (Å²) in [7, 11) is 0. The van der Waals surface area contributed by atoms with Crippen molar-refractivity contribution in [3.8, 4) is 0 Å². The van der Waals surface area contributed by atoms with Gasteiger partial charge in [-0.05, 0) is 50.3 Å². The van der Waals surface area contributed by atoms with Crippen molar-refractivity contribution in [3.63, 3.8) is 0 Å². The Balaban J connectivity index is 1.86. The molecule has 0 bridgehead atoms. The van der Waals surface area contributed by atoms with Gasteiger partial charge in [0.05, 0.1) is 6.10 Å². The van der Waals surface area contributed by atoms with Crippen LogP contribution in [0, 0.1) is 13.8 Å². The molecule has 2 atom stereocenters. The number of aryl methyl sites for hydroxylation is 2. The van der Waals surface area contributed by atoms with Gasteiger partial charge in [0.2, 0.25) is 0 Å². The van der Waals surface area contributed by atoms with Crippen molar-refractivity contribution in [2.75, 3.05) is 6.61 Å². The van der Waals surface area contributed by atoms with Crippen LogP contribution >= 0.6 is 0 Å². The van der Waals surface area contributed by atoms with Crippen LogP contribution in [0.2, 0.25) is 0 Å². The summed E-state index contributed by atoms with van der Waals surface area (Å²) < 4.78 is 5.68. The zero-order chi connectivity index (χ0) is 12.3. The van der Waals surface area contributed by atoms with Gasteiger partial charge in [-0.15, -0.1) is 0 Å².